The highest BCUT2D eigenvalue weighted by atomic mass is 16.6. The van der Waals surface area contributed by atoms with Crippen molar-refractivity contribution in [1.82, 2.24) is 0 Å². The van der Waals surface area contributed by atoms with Gasteiger partial charge in [-0.05, 0) is 45.0 Å². The molecule has 0 unspecified atom stereocenters. The summed E-state index contributed by atoms with van der Waals surface area (Å²) >= 11 is 0. The first-order valence-electron chi connectivity index (χ1n) is 6.64. The van der Waals surface area contributed by atoms with Crippen LogP contribution in [0.1, 0.15) is 20.8 Å². The van der Waals surface area contributed by atoms with E-state index >= 15 is 0 Å². The average molecular weight is 308 g/mol. The fraction of sp³-hybridized carbons (Fsp3) is 0.400. The highest BCUT2D eigenvalue weighted by molar-refractivity contribution is 5.93. The molecule has 2 amide bonds. The Bertz CT molecular complexity index is 534. The molecule has 1 rings (SSSR count). The molecule has 0 aliphatic carbocycles. The minimum Gasteiger partial charge on any atom is -0.468 e. The van der Waals surface area contributed by atoms with Gasteiger partial charge >= 0.3 is 12.1 Å². The zero-order valence-electron chi connectivity index (χ0n) is 13.1. The molecular weight excluding hydrogens is 288 g/mol. The second-order valence-corrected chi connectivity index (χ2v) is 5.45. The van der Waals surface area contributed by atoms with Crippen molar-refractivity contribution >= 4 is 29.8 Å². The van der Waals surface area contributed by atoms with Gasteiger partial charge in [0.05, 0.1) is 7.11 Å². The monoisotopic (exact) mass is 308 g/mol. The number of amides is 2. The van der Waals surface area contributed by atoms with E-state index in [0.29, 0.717) is 17.8 Å². The summed E-state index contributed by atoms with van der Waals surface area (Å²) in [6.07, 6.45) is -0.108. The Labute approximate surface area is 129 Å². The first-order chi connectivity index (χ1) is 10.3. The zero-order valence-corrected chi connectivity index (χ0v) is 13.1. The van der Waals surface area contributed by atoms with Crippen molar-refractivity contribution in [3.8, 4) is 0 Å². The molecule has 0 saturated heterocycles. The lowest BCUT2D eigenvalue weighted by molar-refractivity contribution is -0.139. The van der Waals surface area contributed by atoms with Gasteiger partial charge < -0.3 is 14.8 Å². The van der Waals surface area contributed by atoms with Crippen molar-refractivity contribution in [1.29, 1.82) is 0 Å². The second-order valence-electron chi connectivity index (χ2n) is 5.45. The van der Waals surface area contributed by atoms with E-state index in [-0.39, 0.29) is 6.54 Å². The van der Waals surface area contributed by atoms with Crippen molar-refractivity contribution in [3.63, 3.8) is 0 Å². The van der Waals surface area contributed by atoms with Crippen molar-refractivity contribution in [2.45, 2.75) is 26.4 Å². The molecule has 0 fully saturated rings. The Kier molecular flexibility index (Phi) is 5.91. The van der Waals surface area contributed by atoms with Gasteiger partial charge in [0.1, 0.15) is 12.1 Å². The van der Waals surface area contributed by atoms with Gasteiger partial charge in [0.15, 0.2) is 0 Å². The van der Waals surface area contributed by atoms with E-state index in [1.54, 1.807) is 45.0 Å². The van der Waals surface area contributed by atoms with Gasteiger partial charge in [0.25, 0.3) is 0 Å². The van der Waals surface area contributed by atoms with Crippen LogP contribution in [0.15, 0.2) is 24.3 Å². The number of hydrogen-bond donors (Lipinski definition) is 1. The highest BCUT2D eigenvalue weighted by Crippen LogP contribution is 2.20. The minimum absolute atomic E-state index is 0.272. The molecule has 0 aliphatic rings. The van der Waals surface area contributed by atoms with Gasteiger partial charge in [-0.15, -0.1) is 0 Å². The van der Waals surface area contributed by atoms with Crippen LogP contribution in [0.25, 0.3) is 0 Å². The topological polar surface area (TPSA) is 84.9 Å². The quantitative estimate of drug-likeness (QED) is 0.665. The normalized spacial score (nSPS) is 10.5. The predicted molar refractivity (Wildman–Crippen MR) is 81.7 cm³/mol. The third-order valence-electron chi connectivity index (χ3n) is 2.53. The minimum atomic E-state index is -0.690. The summed E-state index contributed by atoms with van der Waals surface area (Å²) in [6, 6.07) is 6.41. The lowest BCUT2D eigenvalue weighted by Crippen LogP contribution is -2.40. The molecule has 7 nitrogen and oxygen atoms in total. The fourth-order valence-corrected chi connectivity index (χ4v) is 1.58. The molecule has 1 N–H and O–H groups in total. The molecule has 0 aliphatic heterocycles. The summed E-state index contributed by atoms with van der Waals surface area (Å²) in [5, 5.41) is 2.49. The number of rotatable bonds is 5. The molecule has 0 aromatic heterocycles. The third-order valence-corrected chi connectivity index (χ3v) is 2.53. The first-order valence-corrected chi connectivity index (χ1v) is 6.64. The van der Waals surface area contributed by atoms with Crippen molar-refractivity contribution in [3.05, 3.63) is 24.3 Å². The van der Waals surface area contributed by atoms with Gasteiger partial charge in [0.2, 0.25) is 6.41 Å². The molecule has 0 atom stereocenters. The summed E-state index contributed by atoms with van der Waals surface area (Å²) < 4.78 is 9.88. The Morgan fingerprint density at radius 1 is 1.23 bits per heavy atom. The van der Waals surface area contributed by atoms with E-state index in [0.717, 1.165) is 0 Å². The molecule has 22 heavy (non-hydrogen) atoms. The van der Waals surface area contributed by atoms with E-state index in [1.807, 2.05) is 0 Å². The molecule has 0 bridgehead atoms. The van der Waals surface area contributed by atoms with Crippen LogP contribution in [-0.4, -0.2) is 37.7 Å². The molecule has 0 radical (unpaired) electrons. The molecule has 7 heteroatoms. The van der Waals surface area contributed by atoms with E-state index < -0.39 is 17.7 Å². The van der Waals surface area contributed by atoms with Gasteiger partial charge in [-0.25, -0.2) is 4.79 Å². The van der Waals surface area contributed by atoms with E-state index in [2.05, 4.69) is 10.1 Å². The first kappa shape index (κ1) is 17.5. The van der Waals surface area contributed by atoms with Crippen LogP contribution < -0.4 is 10.2 Å². The summed E-state index contributed by atoms with van der Waals surface area (Å²) in [7, 11) is 1.24. The molecule has 1 aromatic carbocycles. The average Bonchev–Trinajstić information content (AvgIpc) is 2.44. The fourth-order valence-electron chi connectivity index (χ4n) is 1.58. The molecule has 120 valence electrons. The van der Waals surface area contributed by atoms with Crippen LogP contribution in [0.5, 0.6) is 0 Å². The Balaban J connectivity index is 3.00. The number of nitrogens with one attached hydrogen (secondary N) is 1. The van der Waals surface area contributed by atoms with Crippen LogP contribution >= 0.6 is 0 Å². The Hall–Kier alpha value is -2.57. The van der Waals surface area contributed by atoms with Gasteiger partial charge in [-0.2, -0.15) is 0 Å². The zero-order chi connectivity index (χ0) is 16.8. The number of carbonyl (C=O) groups excluding carboxylic acids is 3. The largest absolute Gasteiger partial charge is 0.468 e. The van der Waals surface area contributed by atoms with Gasteiger partial charge in [-0.3, -0.25) is 14.5 Å². The summed E-state index contributed by atoms with van der Waals surface area (Å²) in [5.41, 5.74) is 0.335. The maximum Gasteiger partial charge on any atom is 0.415 e. The molecule has 1 aromatic rings. The third kappa shape index (κ3) is 5.43. The highest BCUT2D eigenvalue weighted by Gasteiger charge is 2.25. The summed E-state index contributed by atoms with van der Waals surface area (Å²) in [4.78, 5) is 35.3. The number of anilines is 2. The number of hydrogen-bond acceptors (Lipinski definition) is 5. The van der Waals surface area contributed by atoms with E-state index in [1.165, 1.54) is 12.0 Å². The lowest BCUT2D eigenvalue weighted by atomic mass is 10.2. The molecule has 0 saturated carbocycles. The number of carbonyl (C=O) groups is 3. The van der Waals surface area contributed by atoms with Crippen molar-refractivity contribution in [2.75, 3.05) is 23.9 Å². The van der Waals surface area contributed by atoms with Crippen LogP contribution in [-0.2, 0) is 19.1 Å². The number of esters is 1. The lowest BCUT2D eigenvalue weighted by Gasteiger charge is -2.26. The number of ether oxygens (including phenoxy) is 2. The smallest absolute Gasteiger partial charge is 0.415 e. The van der Waals surface area contributed by atoms with Crippen molar-refractivity contribution in [2.24, 2.45) is 0 Å². The SMILES string of the molecule is COC(=O)CN(C(=O)OC(C)(C)C)c1ccc(NC=O)cc1. The maximum absolute atomic E-state index is 12.2. The predicted octanol–water partition coefficient (Wildman–Crippen LogP) is 2.17. The number of benzene rings is 1. The number of nitrogens with zero attached hydrogens (tertiary/aromatic N) is 1. The van der Waals surface area contributed by atoms with Crippen LogP contribution in [0, 0.1) is 0 Å². The van der Waals surface area contributed by atoms with E-state index in [9.17, 15) is 14.4 Å². The molecule has 0 heterocycles. The Morgan fingerprint density at radius 2 is 1.82 bits per heavy atom. The van der Waals surface area contributed by atoms with Gasteiger partial charge in [0, 0.05) is 11.4 Å². The van der Waals surface area contributed by atoms with Crippen LogP contribution in [0.3, 0.4) is 0 Å². The summed E-state index contributed by atoms with van der Waals surface area (Å²) in [5.74, 6) is -0.569. The maximum atomic E-state index is 12.2. The standard InChI is InChI=1S/C15H20N2O5/c1-15(2,3)22-14(20)17(9-13(19)21-4)12-7-5-11(6-8-12)16-10-18/h5-8,10H,9H2,1-4H3,(H,16,18). The van der Waals surface area contributed by atoms with Crippen LogP contribution in [0.4, 0.5) is 16.2 Å². The van der Waals surface area contributed by atoms with E-state index in [4.69, 9.17) is 4.74 Å². The second kappa shape index (κ2) is 7.44. The van der Waals surface area contributed by atoms with Gasteiger partial charge in [-0.1, -0.05) is 0 Å². The van der Waals surface area contributed by atoms with Crippen molar-refractivity contribution < 1.29 is 23.9 Å². The summed E-state index contributed by atoms with van der Waals surface area (Å²) in [6.45, 7) is 4.93. The molecular formula is C15H20N2O5. The van der Waals surface area contributed by atoms with Crippen LogP contribution in [0.2, 0.25) is 0 Å². The Morgan fingerprint density at radius 3 is 2.27 bits per heavy atom. The molecule has 0 spiro atoms. The number of methoxy groups -OCH3 is 1.